The monoisotopic (exact) mass is 342 g/mol. The van der Waals surface area contributed by atoms with Crippen LogP contribution in [0.15, 0.2) is 46.0 Å². The van der Waals surface area contributed by atoms with Gasteiger partial charge in [-0.1, -0.05) is 6.07 Å². The normalized spacial score (nSPS) is 11.3. The van der Waals surface area contributed by atoms with E-state index in [4.69, 9.17) is 9.88 Å². The van der Waals surface area contributed by atoms with Crippen LogP contribution in [-0.2, 0) is 10.0 Å². The van der Waals surface area contributed by atoms with E-state index >= 15 is 0 Å². The number of rotatable bonds is 3. The number of nitrogens with two attached hydrogens (primary N) is 1. The van der Waals surface area contributed by atoms with E-state index in [0.29, 0.717) is 21.5 Å². The molecule has 2 N–H and O–H groups in total. The van der Waals surface area contributed by atoms with Crippen LogP contribution in [0.1, 0.15) is 0 Å². The second kappa shape index (κ2) is 5.28. The first kappa shape index (κ1) is 14.0. The molecule has 0 atom stereocenters. The van der Waals surface area contributed by atoms with E-state index in [-0.39, 0.29) is 4.90 Å². The molecule has 0 aliphatic heterocycles. The zero-order valence-corrected chi connectivity index (χ0v) is 12.4. The number of halogens is 1. The second-order valence-corrected chi connectivity index (χ2v) is 6.03. The van der Waals surface area contributed by atoms with Crippen LogP contribution in [0.3, 0.4) is 0 Å². The van der Waals surface area contributed by atoms with Crippen LogP contribution in [0.5, 0.6) is 5.75 Å². The van der Waals surface area contributed by atoms with Crippen molar-refractivity contribution in [3.05, 3.63) is 41.1 Å². The molecule has 2 aromatic rings. The molecule has 0 amide bonds. The van der Waals surface area contributed by atoms with Crippen molar-refractivity contribution in [2.45, 2.75) is 4.90 Å². The minimum absolute atomic E-state index is 0.0296. The minimum Gasteiger partial charge on any atom is -0.497 e. The van der Waals surface area contributed by atoms with Gasteiger partial charge in [0.15, 0.2) is 0 Å². The van der Waals surface area contributed by atoms with E-state index in [1.165, 1.54) is 13.2 Å². The summed E-state index contributed by atoms with van der Waals surface area (Å²) >= 11 is 3.29. The molecule has 0 bridgehead atoms. The lowest BCUT2D eigenvalue weighted by molar-refractivity contribution is 0.414. The Labute approximate surface area is 119 Å². The SMILES string of the molecule is COc1ccc(S(N)(=O)=O)c(-c2cccnc2Br)c1. The molecule has 0 unspecified atom stereocenters. The predicted octanol–water partition coefficient (Wildman–Crippen LogP) is 2.17. The van der Waals surface area contributed by atoms with Crippen LogP contribution in [0.4, 0.5) is 0 Å². The van der Waals surface area contributed by atoms with Crippen molar-refractivity contribution in [3.8, 4) is 16.9 Å². The lowest BCUT2D eigenvalue weighted by Gasteiger charge is -2.11. The van der Waals surface area contributed by atoms with Crippen molar-refractivity contribution in [1.82, 2.24) is 4.98 Å². The number of pyridine rings is 1. The third kappa shape index (κ3) is 2.94. The van der Waals surface area contributed by atoms with Crippen molar-refractivity contribution in [2.75, 3.05) is 7.11 Å². The molecule has 0 saturated heterocycles. The molecule has 5 nitrogen and oxygen atoms in total. The Balaban J connectivity index is 2.77. The summed E-state index contributed by atoms with van der Waals surface area (Å²) in [4.78, 5) is 4.10. The number of benzene rings is 1. The number of primary sulfonamides is 1. The van der Waals surface area contributed by atoms with E-state index in [0.717, 1.165) is 0 Å². The molecule has 1 heterocycles. The first-order valence-electron chi connectivity index (χ1n) is 5.25. The fourth-order valence-corrected chi connectivity index (χ4v) is 2.88. The standard InChI is InChI=1S/C12H11BrN2O3S/c1-18-8-4-5-11(19(14,16)17)10(7-8)9-3-2-6-15-12(9)13/h2-7H,1H3,(H2,14,16,17). The van der Waals surface area contributed by atoms with Gasteiger partial charge in [-0.25, -0.2) is 18.5 Å². The Morgan fingerprint density at radius 1 is 1.26 bits per heavy atom. The number of hydrogen-bond acceptors (Lipinski definition) is 4. The average Bonchev–Trinajstić information content (AvgIpc) is 2.37. The highest BCUT2D eigenvalue weighted by atomic mass is 79.9. The third-order valence-corrected chi connectivity index (χ3v) is 4.14. The molecule has 0 fully saturated rings. The van der Waals surface area contributed by atoms with Gasteiger partial charge in [0.2, 0.25) is 10.0 Å². The Bertz CT molecular complexity index is 717. The number of ether oxygens (including phenoxy) is 1. The maximum absolute atomic E-state index is 11.6. The molecule has 0 aliphatic carbocycles. The lowest BCUT2D eigenvalue weighted by atomic mass is 10.1. The molecule has 19 heavy (non-hydrogen) atoms. The summed E-state index contributed by atoms with van der Waals surface area (Å²) in [7, 11) is -2.32. The molecule has 0 aliphatic rings. The molecular weight excluding hydrogens is 332 g/mol. The van der Waals surface area contributed by atoms with Crippen molar-refractivity contribution in [3.63, 3.8) is 0 Å². The molecule has 0 radical (unpaired) electrons. The molecule has 100 valence electrons. The van der Waals surface area contributed by atoms with Crippen molar-refractivity contribution in [2.24, 2.45) is 5.14 Å². The van der Waals surface area contributed by atoms with Gasteiger partial charge in [-0.15, -0.1) is 0 Å². The molecule has 1 aromatic heterocycles. The maximum atomic E-state index is 11.6. The van der Waals surface area contributed by atoms with Crippen LogP contribution in [-0.4, -0.2) is 20.5 Å². The first-order chi connectivity index (χ1) is 8.93. The maximum Gasteiger partial charge on any atom is 0.238 e. The molecule has 2 rings (SSSR count). The Morgan fingerprint density at radius 2 is 2.00 bits per heavy atom. The van der Waals surface area contributed by atoms with Crippen LogP contribution < -0.4 is 9.88 Å². The van der Waals surface area contributed by atoms with Gasteiger partial charge in [-0.3, -0.25) is 0 Å². The van der Waals surface area contributed by atoms with E-state index in [9.17, 15) is 8.42 Å². The van der Waals surface area contributed by atoms with Crippen LogP contribution in [0, 0.1) is 0 Å². The average molecular weight is 343 g/mol. The van der Waals surface area contributed by atoms with E-state index in [1.54, 1.807) is 30.5 Å². The highest BCUT2D eigenvalue weighted by Gasteiger charge is 2.18. The Kier molecular flexibility index (Phi) is 3.88. The van der Waals surface area contributed by atoms with Gasteiger partial charge in [0.1, 0.15) is 10.4 Å². The lowest BCUT2D eigenvalue weighted by Crippen LogP contribution is -2.13. The Hall–Kier alpha value is -1.44. The summed E-state index contributed by atoms with van der Waals surface area (Å²) in [6, 6.07) is 8.05. The quantitative estimate of drug-likeness (QED) is 0.866. The minimum atomic E-state index is -3.83. The van der Waals surface area contributed by atoms with Gasteiger partial charge in [0, 0.05) is 17.3 Å². The summed E-state index contributed by atoms with van der Waals surface area (Å²) in [6.07, 6.45) is 1.60. The van der Waals surface area contributed by atoms with Gasteiger partial charge in [-0.05, 0) is 40.2 Å². The number of aromatic nitrogens is 1. The summed E-state index contributed by atoms with van der Waals surface area (Å²) in [5.41, 5.74) is 1.08. The fraction of sp³-hybridized carbons (Fsp3) is 0.0833. The molecule has 7 heteroatoms. The number of hydrogen-bond donors (Lipinski definition) is 1. The summed E-state index contributed by atoms with van der Waals surface area (Å²) in [5, 5.41) is 5.23. The van der Waals surface area contributed by atoms with E-state index in [2.05, 4.69) is 20.9 Å². The van der Waals surface area contributed by atoms with Gasteiger partial charge in [-0.2, -0.15) is 0 Å². The summed E-state index contributed by atoms with van der Waals surface area (Å²) in [5.74, 6) is 0.540. The van der Waals surface area contributed by atoms with Crippen LogP contribution in [0.25, 0.3) is 11.1 Å². The highest BCUT2D eigenvalue weighted by Crippen LogP contribution is 2.33. The molecule has 0 saturated carbocycles. The van der Waals surface area contributed by atoms with E-state index in [1.807, 2.05) is 0 Å². The third-order valence-electron chi connectivity index (χ3n) is 2.54. The number of nitrogens with zero attached hydrogens (tertiary/aromatic N) is 1. The molecular formula is C12H11BrN2O3S. The second-order valence-electron chi connectivity index (χ2n) is 3.75. The van der Waals surface area contributed by atoms with Gasteiger partial charge < -0.3 is 4.74 Å². The van der Waals surface area contributed by atoms with Gasteiger partial charge in [0.05, 0.1) is 12.0 Å². The van der Waals surface area contributed by atoms with Crippen molar-refractivity contribution in [1.29, 1.82) is 0 Å². The van der Waals surface area contributed by atoms with Gasteiger partial charge in [0.25, 0.3) is 0 Å². The number of sulfonamides is 1. The van der Waals surface area contributed by atoms with Crippen molar-refractivity contribution < 1.29 is 13.2 Å². The smallest absolute Gasteiger partial charge is 0.238 e. The Morgan fingerprint density at radius 3 is 2.58 bits per heavy atom. The topological polar surface area (TPSA) is 82.3 Å². The van der Waals surface area contributed by atoms with E-state index < -0.39 is 10.0 Å². The van der Waals surface area contributed by atoms with Crippen LogP contribution in [0.2, 0.25) is 0 Å². The molecule has 1 aromatic carbocycles. The van der Waals surface area contributed by atoms with Crippen molar-refractivity contribution >= 4 is 26.0 Å². The summed E-state index contributed by atoms with van der Waals surface area (Å²) in [6.45, 7) is 0. The fourth-order valence-electron chi connectivity index (χ4n) is 1.68. The number of methoxy groups -OCH3 is 1. The highest BCUT2D eigenvalue weighted by molar-refractivity contribution is 9.10. The molecule has 0 spiro atoms. The first-order valence-corrected chi connectivity index (χ1v) is 7.59. The van der Waals surface area contributed by atoms with Crippen LogP contribution >= 0.6 is 15.9 Å². The van der Waals surface area contributed by atoms with Gasteiger partial charge >= 0.3 is 0 Å². The largest absolute Gasteiger partial charge is 0.497 e. The zero-order valence-electron chi connectivity index (χ0n) is 10.00. The summed E-state index contributed by atoms with van der Waals surface area (Å²) < 4.78 is 28.9. The zero-order chi connectivity index (χ0) is 14.0. The predicted molar refractivity (Wildman–Crippen MR) is 75.3 cm³/mol.